The molecule has 5 nitrogen and oxygen atoms in total. The Bertz CT molecular complexity index is 613. The van der Waals surface area contributed by atoms with E-state index in [9.17, 15) is 0 Å². The first-order valence-electron chi connectivity index (χ1n) is 7.96. The van der Waals surface area contributed by atoms with Gasteiger partial charge in [-0.2, -0.15) is 0 Å². The van der Waals surface area contributed by atoms with Crippen LogP contribution in [0.3, 0.4) is 0 Å². The smallest absolute Gasteiger partial charge is 0.218 e. The number of nitrogens with one attached hydrogen (secondary N) is 2. The average molecular weight is 312 g/mol. The van der Waals surface area contributed by atoms with Gasteiger partial charge in [-0.05, 0) is 25.5 Å². The van der Waals surface area contributed by atoms with Crippen LogP contribution in [0.5, 0.6) is 5.88 Å². The minimum absolute atomic E-state index is 0.603. The molecule has 0 atom stereocenters. The van der Waals surface area contributed by atoms with E-state index < -0.39 is 0 Å². The number of guanidine groups is 1. The second kappa shape index (κ2) is 9.46. The Balaban J connectivity index is 1.99. The Kier molecular flexibility index (Phi) is 6.91. The predicted molar refractivity (Wildman–Crippen MR) is 93.5 cm³/mol. The highest BCUT2D eigenvalue weighted by Gasteiger charge is 2.05. The van der Waals surface area contributed by atoms with Crippen LogP contribution in [0.2, 0.25) is 0 Å². The first-order chi connectivity index (χ1) is 11.3. The molecule has 0 radical (unpaired) electrons. The lowest BCUT2D eigenvalue weighted by molar-refractivity contribution is 0.322. The lowest BCUT2D eigenvalue weighted by atomic mass is 10.2. The Morgan fingerprint density at radius 2 is 1.91 bits per heavy atom. The monoisotopic (exact) mass is 312 g/mol. The highest BCUT2D eigenvalue weighted by Crippen LogP contribution is 2.13. The fourth-order valence-corrected chi connectivity index (χ4v) is 2.10. The zero-order chi connectivity index (χ0) is 16.3. The van der Waals surface area contributed by atoms with Crippen molar-refractivity contribution in [2.24, 2.45) is 4.99 Å². The molecule has 23 heavy (non-hydrogen) atoms. The van der Waals surface area contributed by atoms with E-state index in [1.165, 1.54) is 5.56 Å². The standard InChI is InChI=1S/C18H24N4O/c1-3-19-18(21-13-15-9-6-5-7-10-15)22-14-16-11-8-12-20-17(16)23-4-2/h5-12H,3-4,13-14H2,1-2H3,(H2,19,21,22). The third kappa shape index (κ3) is 5.62. The average Bonchev–Trinajstić information content (AvgIpc) is 2.60. The van der Waals surface area contributed by atoms with Crippen LogP contribution in [-0.4, -0.2) is 24.1 Å². The molecule has 0 aliphatic carbocycles. The molecule has 5 heteroatoms. The van der Waals surface area contributed by atoms with Crippen molar-refractivity contribution in [2.45, 2.75) is 26.9 Å². The van der Waals surface area contributed by atoms with Gasteiger partial charge in [-0.1, -0.05) is 36.4 Å². The molecule has 2 rings (SSSR count). The van der Waals surface area contributed by atoms with Gasteiger partial charge in [-0.15, -0.1) is 0 Å². The molecule has 1 heterocycles. The quantitative estimate of drug-likeness (QED) is 0.610. The summed E-state index contributed by atoms with van der Waals surface area (Å²) in [4.78, 5) is 8.87. The number of aliphatic imine (C=N–C) groups is 1. The summed E-state index contributed by atoms with van der Waals surface area (Å²) in [6.07, 6.45) is 1.74. The van der Waals surface area contributed by atoms with Crippen LogP contribution in [0.1, 0.15) is 25.0 Å². The molecule has 0 unspecified atom stereocenters. The van der Waals surface area contributed by atoms with Gasteiger partial charge in [0.1, 0.15) is 0 Å². The largest absolute Gasteiger partial charge is 0.478 e. The Morgan fingerprint density at radius 1 is 1.09 bits per heavy atom. The molecule has 0 fully saturated rings. The van der Waals surface area contributed by atoms with E-state index in [0.29, 0.717) is 25.6 Å². The van der Waals surface area contributed by atoms with Crippen LogP contribution in [0, 0.1) is 0 Å². The topological polar surface area (TPSA) is 58.5 Å². The van der Waals surface area contributed by atoms with Crippen molar-refractivity contribution in [3.63, 3.8) is 0 Å². The molecule has 0 spiro atoms. The van der Waals surface area contributed by atoms with Crippen LogP contribution < -0.4 is 15.4 Å². The first-order valence-corrected chi connectivity index (χ1v) is 7.96. The van der Waals surface area contributed by atoms with Crippen molar-refractivity contribution in [3.05, 3.63) is 59.8 Å². The minimum atomic E-state index is 0.603. The van der Waals surface area contributed by atoms with E-state index in [1.54, 1.807) is 6.20 Å². The summed E-state index contributed by atoms with van der Waals surface area (Å²) in [6.45, 7) is 6.68. The molecule has 0 amide bonds. The first kappa shape index (κ1) is 16.8. The van der Waals surface area contributed by atoms with Crippen molar-refractivity contribution in [1.82, 2.24) is 15.6 Å². The van der Waals surface area contributed by atoms with Gasteiger partial charge < -0.3 is 15.4 Å². The van der Waals surface area contributed by atoms with E-state index in [1.807, 2.05) is 37.3 Å². The number of rotatable bonds is 7. The lowest BCUT2D eigenvalue weighted by Crippen LogP contribution is -2.36. The number of ether oxygens (including phenoxy) is 1. The molecule has 0 bridgehead atoms. The molecular weight excluding hydrogens is 288 g/mol. The van der Waals surface area contributed by atoms with Crippen LogP contribution >= 0.6 is 0 Å². The van der Waals surface area contributed by atoms with E-state index in [4.69, 9.17) is 4.74 Å². The van der Waals surface area contributed by atoms with E-state index in [-0.39, 0.29) is 0 Å². The van der Waals surface area contributed by atoms with Crippen LogP contribution in [0.25, 0.3) is 0 Å². The Labute approximate surface area is 137 Å². The van der Waals surface area contributed by atoms with Gasteiger partial charge in [0.15, 0.2) is 5.96 Å². The fraction of sp³-hybridized carbons (Fsp3) is 0.333. The molecule has 0 saturated heterocycles. The highest BCUT2D eigenvalue weighted by atomic mass is 16.5. The summed E-state index contributed by atoms with van der Waals surface area (Å²) < 4.78 is 5.55. The molecule has 1 aromatic heterocycles. The van der Waals surface area contributed by atoms with E-state index in [0.717, 1.165) is 18.1 Å². The molecule has 0 aliphatic heterocycles. The maximum atomic E-state index is 5.55. The number of hydrogen-bond acceptors (Lipinski definition) is 3. The van der Waals surface area contributed by atoms with Crippen molar-refractivity contribution in [2.75, 3.05) is 13.2 Å². The van der Waals surface area contributed by atoms with Crippen molar-refractivity contribution in [1.29, 1.82) is 0 Å². The number of hydrogen-bond donors (Lipinski definition) is 2. The summed E-state index contributed by atoms with van der Waals surface area (Å²) in [6, 6.07) is 14.1. The molecular formula is C18H24N4O. The maximum absolute atomic E-state index is 5.55. The van der Waals surface area contributed by atoms with Crippen molar-refractivity contribution < 1.29 is 4.74 Å². The molecule has 0 saturated carbocycles. The van der Waals surface area contributed by atoms with Gasteiger partial charge in [-0.3, -0.25) is 0 Å². The zero-order valence-electron chi connectivity index (χ0n) is 13.7. The van der Waals surface area contributed by atoms with Gasteiger partial charge in [0.2, 0.25) is 5.88 Å². The van der Waals surface area contributed by atoms with Crippen LogP contribution in [-0.2, 0) is 13.1 Å². The summed E-state index contributed by atoms with van der Waals surface area (Å²) in [5.41, 5.74) is 2.20. The Morgan fingerprint density at radius 3 is 2.65 bits per heavy atom. The van der Waals surface area contributed by atoms with Crippen molar-refractivity contribution >= 4 is 5.96 Å². The molecule has 1 aromatic carbocycles. The second-order valence-corrected chi connectivity index (χ2v) is 4.94. The molecule has 0 aliphatic rings. The van der Waals surface area contributed by atoms with Crippen LogP contribution in [0.4, 0.5) is 0 Å². The van der Waals surface area contributed by atoms with E-state index >= 15 is 0 Å². The summed E-state index contributed by atoms with van der Waals surface area (Å²) >= 11 is 0. The number of nitrogens with zero attached hydrogens (tertiary/aromatic N) is 2. The normalized spacial score (nSPS) is 11.1. The van der Waals surface area contributed by atoms with Gasteiger partial charge in [0.05, 0.1) is 13.2 Å². The predicted octanol–water partition coefficient (Wildman–Crippen LogP) is 2.74. The summed E-state index contributed by atoms with van der Waals surface area (Å²) in [5, 5.41) is 6.58. The second-order valence-electron chi connectivity index (χ2n) is 4.94. The summed E-state index contributed by atoms with van der Waals surface area (Å²) in [5.74, 6) is 1.45. The molecule has 2 aromatic rings. The van der Waals surface area contributed by atoms with Gasteiger partial charge in [0.25, 0.3) is 0 Å². The number of pyridine rings is 1. The number of benzene rings is 1. The number of aromatic nitrogens is 1. The third-order valence-corrected chi connectivity index (χ3v) is 3.18. The third-order valence-electron chi connectivity index (χ3n) is 3.18. The fourth-order valence-electron chi connectivity index (χ4n) is 2.10. The molecule has 2 N–H and O–H groups in total. The van der Waals surface area contributed by atoms with Crippen LogP contribution in [0.15, 0.2) is 53.7 Å². The summed E-state index contributed by atoms with van der Waals surface area (Å²) in [7, 11) is 0. The Hall–Kier alpha value is -2.56. The lowest BCUT2D eigenvalue weighted by Gasteiger charge is -2.13. The van der Waals surface area contributed by atoms with Gasteiger partial charge in [0, 0.05) is 24.8 Å². The minimum Gasteiger partial charge on any atom is -0.478 e. The van der Waals surface area contributed by atoms with Crippen molar-refractivity contribution in [3.8, 4) is 5.88 Å². The zero-order valence-corrected chi connectivity index (χ0v) is 13.7. The highest BCUT2D eigenvalue weighted by molar-refractivity contribution is 5.79. The SMILES string of the molecule is CCNC(=NCc1ccccc1)NCc1cccnc1OCC. The van der Waals surface area contributed by atoms with Gasteiger partial charge >= 0.3 is 0 Å². The molecule has 122 valence electrons. The van der Waals surface area contributed by atoms with Gasteiger partial charge in [-0.25, -0.2) is 9.98 Å². The van der Waals surface area contributed by atoms with E-state index in [2.05, 4.69) is 39.7 Å². The maximum Gasteiger partial charge on any atom is 0.218 e.